The maximum absolute atomic E-state index is 8.80. The highest BCUT2D eigenvalue weighted by Gasteiger charge is 2.16. The van der Waals surface area contributed by atoms with Crippen LogP contribution in [0.4, 0.5) is 0 Å². The van der Waals surface area contributed by atoms with Crippen LogP contribution < -0.4 is 0 Å². The predicted molar refractivity (Wildman–Crippen MR) is 39.8 cm³/mol. The lowest BCUT2D eigenvalue weighted by Gasteiger charge is -2.24. The Hall–Kier alpha value is -0.340. The Labute approximate surface area is 61.5 Å². The topological polar surface area (TPSA) is 29.5 Å². The van der Waals surface area contributed by atoms with Crippen LogP contribution in [0.2, 0.25) is 0 Å². The Kier molecular flexibility index (Phi) is 2.46. The molecule has 0 aromatic carbocycles. The van der Waals surface area contributed by atoms with Gasteiger partial charge in [-0.3, -0.25) is 0 Å². The van der Waals surface area contributed by atoms with E-state index < -0.39 is 0 Å². The lowest BCUT2D eigenvalue weighted by Crippen LogP contribution is -2.24. The Balaban J connectivity index is 2.57. The van der Waals surface area contributed by atoms with Crippen molar-refractivity contribution in [1.29, 1.82) is 0 Å². The molecule has 58 valence electrons. The first-order valence-corrected chi connectivity index (χ1v) is 3.69. The summed E-state index contributed by atoms with van der Waals surface area (Å²) in [5.41, 5.74) is 1.01. The lowest BCUT2D eigenvalue weighted by molar-refractivity contribution is 0.0142. The fourth-order valence-corrected chi connectivity index (χ4v) is 1.17. The zero-order valence-corrected chi connectivity index (χ0v) is 6.50. The number of rotatable bonds is 1. The minimum absolute atomic E-state index is 0.105. The average molecular weight is 142 g/mol. The van der Waals surface area contributed by atoms with Gasteiger partial charge < -0.3 is 9.84 Å². The van der Waals surface area contributed by atoms with Gasteiger partial charge in [0.15, 0.2) is 0 Å². The molecule has 0 fully saturated rings. The zero-order valence-electron chi connectivity index (χ0n) is 6.50. The second-order valence-electron chi connectivity index (χ2n) is 2.76. The van der Waals surface area contributed by atoms with Crippen LogP contribution in [0, 0.1) is 0 Å². The van der Waals surface area contributed by atoms with Gasteiger partial charge >= 0.3 is 0 Å². The van der Waals surface area contributed by atoms with Gasteiger partial charge in [-0.25, -0.2) is 0 Å². The van der Waals surface area contributed by atoms with Crippen LogP contribution in [0.3, 0.4) is 0 Å². The molecule has 0 saturated carbocycles. The summed E-state index contributed by atoms with van der Waals surface area (Å²) in [5, 5.41) is 8.80. The summed E-state index contributed by atoms with van der Waals surface area (Å²) in [6, 6.07) is 0. The molecule has 0 saturated heterocycles. The second-order valence-corrected chi connectivity index (χ2v) is 2.76. The van der Waals surface area contributed by atoms with Crippen LogP contribution in [-0.4, -0.2) is 23.9 Å². The summed E-state index contributed by atoms with van der Waals surface area (Å²) in [5.74, 6) is 0. The van der Waals surface area contributed by atoms with Crippen LogP contribution in [0.1, 0.15) is 20.3 Å². The van der Waals surface area contributed by atoms with Gasteiger partial charge in [-0.2, -0.15) is 0 Å². The molecule has 1 rings (SSSR count). The number of hydrogen-bond donors (Lipinski definition) is 1. The van der Waals surface area contributed by atoms with E-state index in [2.05, 4.69) is 6.08 Å². The minimum Gasteiger partial charge on any atom is -0.392 e. The van der Waals surface area contributed by atoms with Crippen LogP contribution in [-0.2, 0) is 4.74 Å². The fourth-order valence-electron chi connectivity index (χ4n) is 1.17. The molecule has 1 aliphatic heterocycles. The molecule has 10 heavy (non-hydrogen) atoms. The van der Waals surface area contributed by atoms with E-state index in [0.29, 0.717) is 6.10 Å². The summed E-state index contributed by atoms with van der Waals surface area (Å²) < 4.78 is 5.46. The standard InChI is InChI=1S/C8H14O2/c1-6-3-4-8(5-9)7(2)10-6/h4,6-7,9H,3,5H2,1-2H3. The molecule has 0 bridgehead atoms. The van der Waals surface area contributed by atoms with Crippen LogP contribution in [0.15, 0.2) is 11.6 Å². The smallest absolute Gasteiger partial charge is 0.0782 e. The third-order valence-corrected chi connectivity index (χ3v) is 1.85. The molecule has 0 aromatic rings. The molecule has 1 aliphatic rings. The van der Waals surface area contributed by atoms with Gasteiger partial charge in [-0.1, -0.05) is 6.08 Å². The average Bonchev–Trinajstić information content (AvgIpc) is 1.88. The normalized spacial score (nSPS) is 33.7. The SMILES string of the molecule is CC1CC=C(CO)C(C)O1. The van der Waals surface area contributed by atoms with Crippen molar-refractivity contribution in [1.82, 2.24) is 0 Å². The molecule has 1 N–H and O–H groups in total. The van der Waals surface area contributed by atoms with Crippen molar-refractivity contribution in [2.75, 3.05) is 6.61 Å². The first-order chi connectivity index (χ1) is 4.74. The van der Waals surface area contributed by atoms with E-state index in [9.17, 15) is 0 Å². The molecule has 0 amide bonds. The third kappa shape index (κ3) is 1.58. The minimum atomic E-state index is 0.105. The van der Waals surface area contributed by atoms with E-state index in [1.165, 1.54) is 0 Å². The predicted octanol–water partition coefficient (Wildman–Crippen LogP) is 1.10. The van der Waals surface area contributed by atoms with Crippen molar-refractivity contribution in [2.45, 2.75) is 32.5 Å². The highest BCUT2D eigenvalue weighted by molar-refractivity contribution is 5.10. The molecular weight excluding hydrogens is 128 g/mol. The monoisotopic (exact) mass is 142 g/mol. The van der Waals surface area contributed by atoms with E-state index in [-0.39, 0.29) is 12.7 Å². The second kappa shape index (κ2) is 3.17. The quantitative estimate of drug-likeness (QED) is 0.555. The van der Waals surface area contributed by atoms with Crippen molar-refractivity contribution < 1.29 is 9.84 Å². The summed E-state index contributed by atoms with van der Waals surface area (Å²) in [6.45, 7) is 4.15. The van der Waals surface area contributed by atoms with Gasteiger partial charge in [-0.15, -0.1) is 0 Å². The van der Waals surface area contributed by atoms with Gasteiger partial charge in [-0.05, 0) is 25.8 Å². The highest BCUT2D eigenvalue weighted by Crippen LogP contribution is 2.17. The molecule has 0 aromatic heterocycles. The first-order valence-electron chi connectivity index (χ1n) is 3.69. The maximum atomic E-state index is 8.80. The summed E-state index contributed by atoms with van der Waals surface area (Å²) in [7, 11) is 0. The summed E-state index contributed by atoms with van der Waals surface area (Å²) in [6.07, 6.45) is 3.41. The van der Waals surface area contributed by atoms with Gasteiger partial charge in [0.25, 0.3) is 0 Å². The number of ether oxygens (including phenoxy) is 1. The van der Waals surface area contributed by atoms with Gasteiger partial charge in [0.1, 0.15) is 0 Å². The first kappa shape index (κ1) is 7.76. The van der Waals surface area contributed by atoms with Crippen LogP contribution in [0.5, 0.6) is 0 Å². The molecule has 0 aliphatic carbocycles. The van der Waals surface area contributed by atoms with E-state index in [0.717, 1.165) is 12.0 Å². The van der Waals surface area contributed by atoms with Crippen LogP contribution in [0.25, 0.3) is 0 Å². The van der Waals surface area contributed by atoms with Crippen molar-refractivity contribution in [2.24, 2.45) is 0 Å². The van der Waals surface area contributed by atoms with Crippen molar-refractivity contribution in [3.63, 3.8) is 0 Å². The van der Waals surface area contributed by atoms with E-state index in [1.54, 1.807) is 0 Å². The molecule has 2 atom stereocenters. The fraction of sp³-hybridized carbons (Fsp3) is 0.750. The molecule has 2 unspecified atom stereocenters. The molecule has 2 nitrogen and oxygen atoms in total. The van der Waals surface area contributed by atoms with E-state index in [4.69, 9.17) is 9.84 Å². The molecule has 1 heterocycles. The maximum Gasteiger partial charge on any atom is 0.0782 e. The van der Waals surface area contributed by atoms with Gasteiger partial charge in [0.2, 0.25) is 0 Å². The van der Waals surface area contributed by atoms with Gasteiger partial charge in [0, 0.05) is 0 Å². The summed E-state index contributed by atoms with van der Waals surface area (Å²) >= 11 is 0. The molecule has 2 heteroatoms. The van der Waals surface area contributed by atoms with E-state index >= 15 is 0 Å². The molecule has 0 radical (unpaired) electrons. The van der Waals surface area contributed by atoms with Crippen molar-refractivity contribution in [3.05, 3.63) is 11.6 Å². The highest BCUT2D eigenvalue weighted by atomic mass is 16.5. The van der Waals surface area contributed by atoms with Gasteiger partial charge in [0.05, 0.1) is 18.8 Å². The number of aliphatic hydroxyl groups excluding tert-OH is 1. The largest absolute Gasteiger partial charge is 0.392 e. The van der Waals surface area contributed by atoms with Crippen molar-refractivity contribution >= 4 is 0 Å². The lowest BCUT2D eigenvalue weighted by atomic mass is 10.1. The zero-order chi connectivity index (χ0) is 7.56. The Morgan fingerprint density at radius 3 is 2.90 bits per heavy atom. The summed E-state index contributed by atoms with van der Waals surface area (Å²) in [4.78, 5) is 0. The Morgan fingerprint density at radius 2 is 2.40 bits per heavy atom. The number of hydrogen-bond acceptors (Lipinski definition) is 2. The van der Waals surface area contributed by atoms with E-state index in [1.807, 2.05) is 13.8 Å². The van der Waals surface area contributed by atoms with Crippen LogP contribution >= 0.6 is 0 Å². The molecule has 0 spiro atoms. The van der Waals surface area contributed by atoms with Crippen molar-refractivity contribution in [3.8, 4) is 0 Å². The Bertz CT molecular complexity index is 140. The Morgan fingerprint density at radius 1 is 1.70 bits per heavy atom. The number of aliphatic hydroxyl groups is 1. The third-order valence-electron chi connectivity index (χ3n) is 1.85. The molecular formula is C8H14O2.